The minimum Gasteiger partial charge on any atom is -0.468 e. The molecule has 57 heavy (non-hydrogen) atoms. The first kappa shape index (κ1) is 41.0. The molecule has 0 aliphatic rings. The quantitative estimate of drug-likeness (QED) is 0.123. The van der Waals surface area contributed by atoms with Crippen LogP contribution in [-0.4, -0.2) is 98.5 Å². The largest absolute Gasteiger partial charge is 0.468 e. The van der Waals surface area contributed by atoms with Gasteiger partial charge in [0.2, 0.25) is 0 Å². The molecule has 3 amide bonds. The molecule has 0 fully saturated rings. The third-order valence-electron chi connectivity index (χ3n) is 7.81. The highest BCUT2D eigenvalue weighted by atomic mass is 19.4. The molecular formula is C34H28F6N10O7. The van der Waals surface area contributed by atoms with E-state index in [2.05, 4.69) is 51.0 Å². The lowest BCUT2D eigenvalue weighted by Crippen LogP contribution is -2.31. The average molecular weight is 803 g/mol. The summed E-state index contributed by atoms with van der Waals surface area (Å²) < 4.78 is 95.1. The number of benzene rings is 2. The Hall–Kier alpha value is -7.20. The van der Waals surface area contributed by atoms with E-state index in [9.17, 15) is 50.3 Å². The zero-order chi connectivity index (χ0) is 41.7. The van der Waals surface area contributed by atoms with Crippen LogP contribution in [0.4, 0.5) is 26.3 Å². The fraction of sp³-hybridized carbons (Fsp3) is 0.235. The van der Waals surface area contributed by atoms with Crippen molar-refractivity contribution in [3.63, 3.8) is 0 Å². The summed E-state index contributed by atoms with van der Waals surface area (Å²) >= 11 is 0. The first-order chi connectivity index (χ1) is 26.9. The molecule has 5 rings (SSSR count). The zero-order valence-corrected chi connectivity index (χ0v) is 29.7. The maximum Gasteiger partial charge on any atom is 0.417 e. The number of hydrogen-bond acceptors (Lipinski definition) is 12. The lowest BCUT2D eigenvalue weighted by atomic mass is 10.0. The molecule has 0 spiro atoms. The summed E-state index contributed by atoms with van der Waals surface area (Å²) in [6.45, 7) is 0.530. The van der Waals surface area contributed by atoms with Crippen LogP contribution in [0, 0.1) is 0 Å². The van der Waals surface area contributed by atoms with E-state index in [-0.39, 0.29) is 46.3 Å². The number of amides is 3. The van der Waals surface area contributed by atoms with E-state index in [1.165, 1.54) is 24.5 Å². The van der Waals surface area contributed by atoms with Gasteiger partial charge in [-0.15, -0.1) is 10.2 Å². The number of carbonyl (C=O) groups excluding carboxylic acids is 5. The number of pyridine rings is 1. The van der Waals surface area contributed by atoms with Gasteiger partial charge in [0.25, 0.3) is 17.7 Å². The number of methoxy groups -OCH3 is 2. The predicted octanol–water partition coefficient (Wildman–Crippen LogP) is 3.17. The van der Waals surface area contributed by atoms with Gasteiger partial charge < -0.3 is 25.4 Å². The number of alkyl halides is 6. The van der Waals surface area contributed by atoms with Gasteiger partial charge in [-0.3, -0.25) is 24.0 Å². The summed E-state index contributed by atoms with van der Waals surface area (Å²) in [6, 6.07) is 7.95. The second-order valence-electron chi connectivity index (χ2n) is 11.6. The molecule has 0 aliphatic carbocycles. The van der Waals surface area contributed by atoms with Crippen molar-refractivity contribution < 1.29 is 59.8 Å². The summed E-state index contributed by atoms with van der Waals surface area (Å²) in [6.07, 6.45) is -7.64. The Kier molecular flexibility index (Phi) is 12.0. The second kappa shape index (κ2) is 16.7. The van der Waals surface area contributed by atoms with Gasteiger partial charge in [0.15, 0.2) is 0 Å². The fourth-order valence-corrected chi connectivity index (χ4v) is 5.06. The smallest absolute Gasteiger partial charge is 0.417 e. The van der Waals surface area contributed by atoms with E-state index in [1.54, 1.807) is 6.92 Å². The number of hydrogen-bond donors (Lipinski definition) is 3. The molecule has 2 aromatic carbocycles. The Bertz CT molecular complexity index is 2210. The van der Waals surface area contributed by atoms with Gasteiger partial charge in [0.1, 0.15) is 24.5 Å². The molecule has 0 saturated heterocycles. The van der Waals surface area contributed by atoms with Gasteiger partial charge in [0, 0.05) is 12.1 Å². The lowest BCUT2D eigenvalue weighted by molar-refractivity contribution is -0.140. The molecule has 0 aliphatic heterocycles. The standard InChI is InChI=1S/C34H28F6N10O7/c1-4-41-30(53)17-9-24(26-15-49(47-45-26)18-5-7-20(22(11-18)33(35,36)37)31(54)42-13-28(51)56-2)44-25(10-17)27-16-50(48-46-27)19-6-8-21(23(12-19)34(38,39)40)32(55)43-14-29(52)57-3/h5-12,15-16H,4,13-14H2,1-3H3,(H,41,53)(H,42,54)(H,43,55). The second-order valence-corrected chi connectivity index (χ2v) is 11.6. The van der Waals surface area contributed by atoms with Crippen LogP contribution in [0.5, 0.6) is 0 Å². The van der Waals surface area contributed by atoms with Crippen LogP contribution in [0.2, 0.25) is 0 Å². The number of nitrogens with one attached hydrogen (secondary N) is 3. The van der Waals surface area contributed by atoms with Gasteiger partial charge in [-0.2, -0.15) is 26.3 Å². The molecule has 298 valence electrons. The van der Waals surface area contributed by atoms with Crippen molar-refractivity contribution in [2.75, 3.05) is 33.9 Å². The van der Waals surface area contributed by atoms with Crippen LogP contribution in [0.3, 0.4) is 0 Å². The van der Waals surface area contributed by atoms with Crippen molar-refractivity contribution in [2.45, 2.75) is 19.3 Å². The van der Waals surface area contributed by atoms with Gasteiger partial charge in [-0.05, 0) is 55.5 Å². The predicted molar refractivity (Wildman–Crippen MR) is 182 cm³/mol. The summed E-state index contributed by atoms with van der Waals surface area (Å²) in [5.74, 6) is -4.71. The molecule has 0 bridgehead atoms. The number of esters is 2. The van der Waals surface area contributed by atoms with Gasteiger partial charge in [-0.1, -0.05) is 10.4 Å². The van der Waals surface area contributed by atoms with Crippen LogP contribution in [0.15, 0.2) is 60.9 Å². The summed E-state index contributed by atoms with van der Waals surface area (Å²) in [5, 5.41) is 22.4. The monoisotopic (exact) mass is 802 g/mol. The van der Waals surface area contributed by atoms with Crippen molar-refractivity contribution in [3.8, 4) is 34.2 Å². The third-order valence-corrected chi connectivity index (χ3v) is 7.81. The van der Waals surface area contributed by atoms with Crippen molar-refractivity contribution >= 4 is 29.7 Å². The Balaban J connectivity index is 1.50. The van der Waals surface area contributed by atoms with Crippen molar-refractivity contribution in [2.24, 2.45) is 0 Å². The first-order valence-electron chi connectivity index (χ1n) is 16.2. The van der Waals surface area contributed by atoms with Crippen LogP contribution < -0.4 is 16.0 Å². The number of rotatable bonds is 12. The molecule has 0 unspecified atom stereocenters. The molecule has 0 saturated carbocycles. The minimum atomic E-state index is -5.01. The van der Waals surface area contributed by atoms with E-state index in [1.807, 2.05) is 0 Å². The van der Waals surface area contributed by atoms with E-state index in [4.69, 9.17) is 0 Å². The Morgan fingerprint density at radius 3 is 1.40 bits per heavy atom. The van der Waals surface area contributed by atoms with Crippen molar-refractivity contribution in [3.05, 3.63) is 88.7 Å². The number of carbonyl (C=O) groups is 5. The normalized spacial score (nSPS) is 11.5. The van der Waals surface area contributed by atoms with E-state index in [0.29, 0.717) is 12.1 Å². The Morgan fingerprint density at radius 1 is 0.614 bits per heavy atom. The highest BCUT2D eigenvalue weighted by Crippen LogP contribution is 2.35. The van der Waals surface area contributed by atoms with Crippen LogP contribution in [-0.2, 0) is 31.4 Å². The molecule has 23 heteroatoms. The van der Waals surface area contributed by atoms with Crippen LogP contribution >= 0.6 is 0 Å². The van der Waals surface area contributed by atoms with Gasteiger partial charge >= 0.3 is 24.3 Å². The molecule has 0 radical (unpaired) electrons. The maximum atomic E-state index is 14.1. The zero-order valence-electron chi connectivity index (χ0n) is 29.7. The topological polar surface area (TPSA) is 214 Å². The maximum absolute atomic E-state index is 14.1. The highest BCUT2D eigenvalue weighted by Gasteiger charge is 2.37. The van der Waals surface area contributed by atoms with Gasteiger partial charge in [0.05, 0.1) is 71.6 Å². The van der Waals surface area contributed by atoms with E-state index < -0.39 is 77.4 Å². The fourth-order valence-electron chi connectivity index (χ4n) is 5.06. The number of nitrogens with zero attached hydrogens (tertiary/aromatic N) is 7. The van der Waals surface area contributed by atoms with Crippen molar-refractivity contribution in [1.29, 1.82) is 0 Å². The summed E-state index contributed by atoms with van der Waals surface area (Å²) in [7, 11) is 2.08. The summed E-state index contributed by atoms with van der Waals surface area (Å²) in [5.41, 5.74) is -4.73. The Morgan fingerprint density at radius 2 is 1.04 bits per heavy atom. The van der Waals surface area contributed by atoms with Crippen LogP contribution in [0.25, 0.3) is 34.2 Å². The molecule has 3 aromatic heterocycles. The Labute approximate surface area is 316 Å². The SMILES string of the molecule is CCNC(=O)c1cc(-c2cn(-c3ccc(C(=O)NCC(=O)OC)c(C(F)(F)F)c3)nn2)nc(-c2cn(-c3ccc(C(=O)NCC(=O)OC)c(C(F)(F)F)c3)nn2)c1. The molecular weight excluding hydrogens is 774 g/mol. The number of aromatic nitrogens is 7. The molecule has 5 aromatic rings. The first-order valence-corrected chi connectivity index (χ1v) is 16.2. The minimum absolute atomic E-state index is 0.0179. The van der Waals surface area contributed by atoms with E-state index >= 15 is 0 Å². The van der Waals surface area contributed by atoms with Gasteiger partial charge in [-0.25, -0.2) is 14.3 Å². The molecule has 17 nitrogen and oxygen atoms in total. The van der Waals surface area contributed by atoms with Crippen molar-refractivity contribution in [1.82, 2.24) is 50.9 Å². The number of halogens is 6. The third kappa shape index (κ3) is 9.55. The van der Waals surface area contributed by atoms with E-state index in [0.717, 1.165) is 47.8 Å². The number of ether oxygens (including phenoxy) is 2. The molecule has 0 atom stereocenters. The average Bonchev–Trinajstić information content (AvgIpc) is 3.89. The summed E-state index contributed by atoms with van der Waals surface area (Å²) in [4.78, 5) is 65.2. The highest BCUT2D eigenvalue weighted by molar-refractivity contribution is 5.99. The lowest BCUT2D eigenvalue weighted by Gasteiger charge is -2.14. The molecule has 3 heterocycles. The van der Waals surface area contributed by atoms with Crippen LogP contribution in [0.1, 0.15) is 49.1 Å². The molecule has 3 N–H and O–H groups in total.